The Morgan fingerprint density at radius 2 is 1.85 bits per heavy atom. The number of Topliss-reactive ketones (excluding diaryl/α,β-unsaturated/α-hetero) is 1. The number of ketones is 2. The van der Waals surface area contributed by atoms with E-state index >= 15 is 0 Å². The summed E-state index contributed by atoms with van der Waals surface area (Å²) in [5.74, 6) is 1.61. The van der Waals surface area contributed by atoms with Crippen LogP contribution in [-0.2, 0) is 19.1 Å². The molecule has 0 spiro atoms. The highest BCUT2D eigenvalue weighted by Crippen LogP contribution is 2.67. The highest BCUT2D eigenvalue weighted by molar-refractivity contribution is 5.91. The number of carbonyl (C=O) groups excluding carboxylic acids is 3. The zero-order valence-corrected chi connectivity index (χ0v) is 17.0. The van der Waals surface area contributed by atoms with Gasteiger partial charge in [0, 0.05) is 25.2 Å². The molecular formula is C23H32O4. The van der Waals surface area contributed by atoms with Gasteiger partial charge in [-0.3, -0.25) is 14.4 Å². The van der Waals surface area contributed by atoms with Crippen molar-refractivity contribution in [3.63, 3.8) is 0 Å². The number of hydrogen-bond acceptors (Lipinski definition) is 4. The van der Waals surface area contributed by atoms with Crippen molar-refractivity contribution in [2.24, 2.45) is 34.5 Å². The third kappa shape index (κ3) is 2.74. The molecule has 4 rings (SSSR count). The van der Waals surface area contributed by atoms with Crippen molar-refractivity contribution in [1.82, 2.24) is 0 Å². The fraction of sp³-hybridized carbons (Fsp3) is 0.783. The van der Waals surface area contributed by atoms with Crippen LogP contribution >= 0.6 is 0 Å². The molecule has 27 heavy (non-hydrogen) atoms. The third-order valence-electron chi connectivity index (χ3n) is 8.68. The summed E-state index contributed by atoms with van der Waals surface area (Å²) in [6.45, 7) is 7.77. The molecule has 4 aliphatic carbocycles. The SMILES string of the molecule is CC(=O)O[C@H]1C[C@]2(C)[C@@H](C(C)=O)CC[C@@H]2[C@H]2CCC3=CC(=O)CC[C@]3(C)[C@@H]21. The van der Waals surface area contributed by atoms with Gasteiger partial charge in [-0.05, 0) is 74.2 Å². The first kappa shape index (κ1) is 18.9. The number of esters is 1. The Bertz CT molecular complexity index is 722. The molecule has 3 saturated carbocycles. The average Bonchev–Trinajstić information content (AvgIpc) is 2.91. The Balaban J connectivity index is 1.77. The summed E-state index contributed by atoms with van der Waals surface area (Å²) < 4.78 is 5.94. The highest BCUT2D eigenvalue weighted by atomic mass is 16.5. The van der Waals surface area contributed by atoms with E-state index in [2.05, 4.69) is 13.8 Å². The number of ether oxygens (including phenoxy) is 1. The van der Waals surface area contributed by atoms with E-state index in [1.54, 1.807) is 6.92 Å². The minimum atomic E-state index is -0.232. The predicted octanol–water partition coefficient (Wildman–Crippen LogP) is 4.27. The van der Waals surface area contributed by atoms with E-state index in [1.165, 1.54) is 12.5 Å². The molecule has 0 saturated heterocycles. The molecule has 0 unspecified atom stereocenters. The van der Waals surface area contributed by atoms with E-state index in [0.29, 0.717) is 18.3 Å². The largest absolute Gasteiger partial charge is 0.462 e. The number of carbonyl (C=O) groups is 3. The van der Waals surface area contributed by atoms with E-state index in [1.807, 2.05) is 6.08 Å². The van der Waals surface area contributed by atoms with Crippen LogP contribution < -0.4 is 0 Å². The van der Waals surface area contributed by atoms with Crippen LogP contribution in [0.3, 0.4) is 0 Å². The quantitative estimate of drug-likeness (QED) is 0.679. The second-order valence-corrected chi connectivity index (χ2v) is 9.99. The maximum absolute atomic E-state index is 12.4. The molecule has 0 N–H and O–H groups in total. The minimum Gasteiger partial charge on any atom is -0.462 e. The summed E-state index contributed by atoms with van der Waals surface area (Å²) in [6.07, 6.45) is 8.02. The van der Waals surface area contributed by atoms with Crippen molar-refractivity contribution in [2.45, 2.75) is 78.7 Å². The van der Waals surface area contributed by atoms with Crippen molar-refractivity contribution in [3.8, 4) is 0 Å². The maximum atomic E-state index is 12.4. The van der Waals surface area contributed by atoms with Gasteiger partial charge >= 0.3 is 5.97 Å². The van der Waals surface area contributed by atoms with Crippen LogP contribution in [0.4, 0.5) is 0 Å². The maximum Gasteiger partial charge on any atom is 0.302 e. The highest BCUT2D eigenvalue weighted by Gasteiger charge is 2.63. The molecule has 0 aromatic carbocycles. The van der Waals surface area contributed by atoms with Gasteiger partial charge in [-0.15, -0.1) is 0 Å². The molecule has 4 heteroatoms. The Morgan fingerprint density at radius 3 is 2.52 bits per heavy atom. The molecule has 0 amide bonds. The van der Waals surface area contributed by atoms with E-state index in [0.717, 1.165) is 38.5 Å². The van der Waals surface area contributed by atoms with Gasteiger partial charge < -0.3 is 4.74 Å². The fourth-order valence-electron chi connectivity index (χ4n) is 7.64. The van der Waals surface area contributed by atoms with Crippen molar-refractivity contribution >= 4 is 17.5 Å². The molecule has 0 heterocycles. The summed E-state index contributed by atoms with van der Waals surface area (Å²) in [4.78, 5) is 36.4. The van der Waals surface area contributed by atoms with Crippen molar-refractivity contribution < 1.29 is 19.1 Å². The molecule has 3 fully saturated rings. The number of hydrogen-bond donors (Lipinski definition) is 0. The molecule has 4 aliphatic rings. The first-order chi connectivity index (χ1) is 12.7. The molecule has 0 bridgehead atoms. The number of fused-ring (bicyclic) bond motifs is 5. The van der Waals surface area contributed by atoms with Crippen LogP contribution in [0.1, 0.15) is 72.6 Å². The van der Waals surface area contributed by atoms with Crippen molar-refractivity contribution in [1.29, 1.82) is 0 Å². The lowest BCUT2D eigenvalue weighted by Crippen LogP contribution is -2.57. The zero-order valence-electron chi connectivity index (χ0n) is 17.0. The lowest BCUT2D eigenvalue weighted by molar-refractivity contribution is -0.176. The topological polar surface area (TPSA) is 60.4 Å². The molecule has 0 radical (unpaired) electrons. The molecule has 0 aliphatic heterocycles. The summed E-state index contributed by atoms with van der Waals surface area (Å²) in [7, 11) is 0. The summed E-state index contributed by atoms with van der Waals surface area (Å²) in [6, 6.07) is 0. The van der Waals surface area contributed by atoms with Gasteiger partial charge in [0.1, 0.15) is 11.9 Å². The van der Waals surface area contributed by atoms with Gasteiger partial charge in [0.15, 0.2) is 5.78 Å². The van der Waals surface area contributed by atoms with Gasteiger partial charge in [0.05, 0.1) is 0 Å². The average molecular weight is 373 g/mol. The molecule has 7 atom stereocenters. The van der Waals surface area contributed by atoms with E-state index in [4.69, 9.17) is 4.74 Å². The van der Waals surface area contributed by atoms with Crippen LogP contribution in [0.15, 0.2) is 11.6 Å². The normalized spacial score (nSPS) is 46.0. The van der Waals surface area contributed by atoms with E-state index in [-0.39, 0.29) is 46.3 Å². The monoisotopic (exact) mass is 372 g/mol. The lowest BCUT2D eigenvalue weighted by atomic mass is 9.46. The van der Waals surface area contributed by atoms with Crippen LogP contribution in [0.2, 0.25) is 0 Å². The standard InChI is InChI=1S/C23H32O4/c1-13(24)18-7-8-19-17-6-5-15-11-16(26)9-10-22(15,3)21(17)20(27-14(2)25)12-23(18,19)4/h11,17-21H,5-10,12H2,1-4H3/t17-,18-,19-,20+,21+,22+,23-/m1/s1. The Hall–Kier alpha value is -1.45. The zero-order chi connectivity index (χ0) is 19.6. The van der Waals surface area contributed by atoms with Gasteiger partial charge in [-0.1, -0.05) is 19.4 Å². The van der Waals surface area contributed by atoms with Gasteiger partial charge in [0.25, 0.3) is 0 Å². The summed E-state index contributed by atoms with van der Waals surface area (Å²) in [5.41, 5.74) is 1.13. The fourth-order valence-corrected chi connectivity index (χ4v) is 7.64. The Kier molecular flexibility index (Phi) is 4.40. The number of rotatable bonds is 2. The van der Waals surface area contributed by atoms with Gasteiger partial charge in [-0.2, -0.15) is 0 Å². The molecule has 0 aromatic heterocycles. The third-order valence-corrected chi connectivity index (χ3v) is 8.68. The van der Waals surface area contributed by atoms with E-state index < -0.39 is 0 Å². The molecule has 4 nitrogen and oxygen atoms in total. The van der Waals surface area contributed by atoms with Gasteiger partial charge in [-0.25, -0.2) is 0 Å². The minimum absolute atomic E-state index is 0.0629. The smallest absolute Gasteiger partial charge is 0.302 e. The van der Waals surface area contributed by atoms with Crippen LogP contribution in [0.5, 0.6) is 0 Å². The Morgan fingerprint density at radius 1 is 1.11 bits per heavy atom. The number of allylic oxidation sites excluding steroid dienone is 1. The van der Waals surface area contributed by atoms with Crippen LogP contribution in [0, 0.1) is 34.5 Å². The van der Waals surface area contributed by atoms with Crippen molar-refractivity contribution in [2.75, 3.05) is 0 Å². The van der Waals surface area contributed by atoms with Crippen molar-refractivity contribution in [3.05, 3.63) is 11.6 Å². The molecular weight excluding hydrogens is 340 g/mol. The Labute approximate surface area is 162 Å². The van der Waals surface area contributed by atoms with Gasteiger partial charge in [0.2, 0.25) is 0 Å². The predicted molar refractivity (Wildman–Crippen MR) is 102 cm³/mol. The first-order valence-corrected chi connectivity index (χ1v) is 10.6. The first-order valence-electron chi connectivity index (χ1n) is 10.6. The summed E-state index contributed by atoms with van der Waals surface area (Å²) in [5, 5.41) is 0. The summed E-state index contributed by atoms with van der Waals surface area (Å²) >= 11 is 0. The van der Waals surface area contributed by atoms with Crippen LogP contribution in [0.25, 0.3) is 0 Å². The second-order valence-electron chi connectivity index (χ2n) is 9.99. The molecule has 148 valence electrons. The molecule has 0 aromatic rings. The second kappa shape index (κ2) is 6.28. The van der Waals surface area contributed by atoms with E-state index in [9.17, 15) is 14.4 Å². The lowest BCUT2D eigenvalue weighted by Gasteiger charge is -2.60. The van der Waals surface area contributed by atoms with Crippen LogP contribution in [-0.4, -0.2) is 23.6 Å².